The standard InChI is InChI=1S/C22H35N5O3/c1-5-19-17(3)23-22(30-15-7-9-25-10-8-18(16-25)29-4)24-21(19)27-13-11-26(12-14-27)20(28)6-2/h6,18H,2,5,7-16H2,1,3-4H3. The molecule has 30 heavy (non-hydrogen) atoms. The molecule has 8 nitrogen and oxygen atoms in total. The largest absolute Gasteiger partial charge is 0.463 e. The Kier molecular flexibility index (Phi) is 8.04. The average molecular weight is 418 g/mol. The van der Waals surface area contributed by atoms with Gasteiger partial charge in [0.05, 0.1) is 12.7 Å². The predicted molar refractivity (Wildman–Crippen MR) is 117 cm³/mol. The molecule has 2 fully saturated rings. The van der Waals surface area contributed by atoms with E-state index in [0.717, 1.165) is 69.1 Å². The van der Waals surface area contributed by atoms with E-state index >= 15 is 0 Å². The average Bonchev–Trinajstić information content (AvgIpc) is 3.24. The van der Waals surface area contributed by atoms with Gasteiger partial charge in [0.1, 0.15) is 5.82 Å². The summed E-state index contributed by atoms with van der Waals surface area (Å²) >= 11 is 0. The smallest absolute Gasteiger partial charge is 0.318 e. The van der Waals surface area contributed by atoms with E-state index in [9.17, 15) is 4.79 Å². The van der Waals surface area contributed by atoms with Crippen LogP contribution in [-0.2, 0) is 16.0 Å². The Hall–Kier alpha value is -2.19. The molecule has 1 amide bonds. The summed E-state index contributed by atoms with van der Waals surface area (Å²) in [5.41, 5.74) is 2.11. The molecule has 0 saturated carbocycles. The van der Waals surface area contributed by atoms with Gasteiger partial charge < -0.3 is 24.2 Å². The number of nitrogens with zero attached hydrogens (tertiary/aromatic N) is 5. The highest BCUT2D eigenvalue weighted by atomic mass is 16.5. The molecular weight excluding hydrogens is 382 g/mol. The van der Waals surface area contributed by atoms with Crippen molar-refractivity contribution in [2.24, 2.45) is 0 Å². The highest BCUT2D eigenvalue weighted by molar-refractivity contribution is 5.87. The van der Waals surface area contributed by atoms with Crippen LogP contribution in [0.4, 0.5) is 5.82 Å². The van der Waals surface area contributed by atoms with Crippen LogP contribution < -0.4 is 9.64 Å². The first-order valence-electron chi connectivity index (χ1n) is 11.0. The molecule has 3 rings (SSSR count). The number of amides is 1. The number of hydrogen-bond acceptors (Lipinski definition) is 7. The maximum Gasteiger partial charge on any atom is 0.318 e. The van der Waals surface area contributed by atoms with Crippen molar-refractivity contribution in [3.8, 4) is 6.01 Å². The van der Waals surface area contributed by atoms with Crippen LogP contribution in [-0.4, -0.2) is 91.3 Å². The Balaban J connectivity index is 1.57. The molecular formula is C22H35N5O3. The van der Waals surface area contributed by atoms with Gasteiger partial charge in [0.25, 0.3) is 0 Å². The van der Waals surface area contributed by atoms with Crippen LogP contribution in [0.1, 0.15) is 31.0 Å². The Morgan fingerprint density at radius 2 is 2.00 bits per heavy atom. The van der Waals surface area contributed by atoms with Crippen molar-refractivity contribution < 1.29 is 14.3 Å². The van der Waals surface area contributed by atoms with E-state index in [4.69, 9.17) is 14.5 Å². The molecule has 8 heteroatoms. The zero-order valence-corrected chi connectivity index (χ0v) is 18.6. The lowest BCUT2D eigenvalue weighted by Gasteiger charge is -2.36. The number of piperazine rings is 1. The van der Waals surface area contributed by atoms with E-state index in [1.165, 1.54) is 6.08 Å². The van der Waals surface area contributed by atoms with Gasteiger partial charge in [-0.25, -0.2) is 4.98 Å². The zero-order valence-electron chi connectivity index (χ0n) is 18.6. The third-order valence-electron chi connectivity index (χ3n) is 6.00. The van der Waals surface area contributed by atoms with Crippen molar-refractivity contribution in [1.82, 2.24) is 19.8 Å². The molecule has 0 radical (unpaired) electrons. The fourth-order valence-electron chi connectivity index (χ4n) is 4.21. The first-order valence-corrected chi connectivity index (χ1v) is 11.0. The fourth-order valence-corrected chi connectivity index (χ4v) is 4.21. The Morgan fingerprint density at radius 3 is 2.63 bits per heavy atom. The van der Waals surface area contributed by atoms with Gasteiger partial charge in [0.15, 0.2) is 0 Å². The fraction of sp³-hybridized carbons (Fsp3) is 0.682. The van der Waals surface area contributed by atoms with E-state index in [0.29, 0.717) is 31.8 Å². The Morgan fingerprint density at radius 1 is 1.23 bits per heavy atom. The predicted octanol–water partition coefficient (Wildman–Crippen LogP) is 1.67. The third-order valence-corrected chi connectivity index (χ3v) is 6.00. The monoisotopic (exact) mass is 417 g/mol. The molecule has 3 heterocycles. The van der Waals surface area contributed by atoms with Crippen molar-refractivity contribution >= 4 is 11.7 Å². The molecule has 1 aromatic heterocycles. The number of rotatable bonds is 9. The minimum absolute atomic E-state index is 0.0110. The molecule has 2 aliphatic heterocycles. The lowest BCUT2D eigenvalue weighted by molar-refractivity contribution is -0.126. The van der Waals surface area contributed by atoms with Crippen LogP contribution in [0.25, 0.3) is 0 Å². The van der Waals surface area contributed by atoms with E-state index in [-0.39, 0.29) is 5.91 Å². The summed E-state index contributed by atoms with van der Waals surface area (Å²) in [7, 11) is 1.78. The molecule has 1 atom stereocenters. The van der Waals surface area contributed by atoms with Crippen molar-refractivity contribution in [3.63, 3.8) is 0 Å². The molecule has 2 aliphatic rings. The van der Waals surface area contributed by atoms with Crippen LogP contribution in [0, 0.1) is 6.92 Å². The number of carbonyl (C=O) groups is 1. The molecule has 1 unspecified atom stereocenters. The summed E-state index contributed by atoms with van der Waals surface area (Å²) in [4.78, 5) is 27.7. The highest BCUT2D eigenvalue weighted by Crippen LogP contribution is 2.25. The van der Waals surface area contributed by atoms with Crippen molar-refractivity contribution in [2.75, 3.05) is 64.4 Å². The van der Waals surface area contributed by atoms with Gasteiger partial charge >= 0.3 is 6.01 Å². The van der Waals surface area contributed by atoms with Crippen LogP contribution in [0.2, 0.25) is 0 Å². The van der Waals surface area contributed by atoms with Gasteiger partial charge in [-0.05, 0) is 32.3 Å². The number of ether oxygens (including phenoxy) is 2. The van der Waals surface area contributed by atoms with Crippen molar-refractivity contribution in [2.45, 2.75) is 39.2 Å². The molecule has 0 aliphatic carbocycles. The number of likely N-dealkylation sites (tertiary alicyclic amines) is 1. The first-order chi connectivity index (χ1) is 14.5. The third kappa shape index (κ3) is 5.49. The van der Waals surface area contributed by atoms with Gasteiger partial charge in [0.2, 0.25) is 5.91 Å². The first kappa shape index (κ1) is 22.5. The summed E-state index contributed by atoms with van der Waals surface area (Å²) in [6, 6.07) is 0.445. The lowest BCUT2D eigenvalue weighted by atomic mass is 10.1. The Bertz CT molecular complexity index is 734. The summed E-state index contributed by atoms with van der Waals surface area (Å²) in [5.74, 6) is 0.927. The summed E-state index contributed by atoms with van der Waals surface area (Å²) < 4.78 is 11.3. The number of methoxy groups -OCH3 is 1. The van der Waals surface area contributed by atoms with Crippen molar-refractivity contribution in [3.05, 3.63) is 23.9 Å². The van der Waals surface area contributed by atoms with Gasteiger partial charge in [-0.15, -0.1) is 0 Å². The molecule has 2 saturated heterocycles. The second-order valence-electron chi connectivity index (χ2n) is 7.91. The molecule has 0 spiro atoms. The maximum absolute atomic E-state index is 11.9. The van der Waals surface area contributed by atoms with E-state index < -0.39 is 0 Å². The summed E-state index contributed by atoms with van der Waals surface area (Å²) in [6.45, 7) is 14.2. The Labute approximate surface area is 179 Å². The zero-order chi connectivity index (χ0) is 21.5. The molecule has 166 valence electrons. The van der Waals surface area contributed by atoms with Crippen LogP contribution >= 0.6 is 0 Å². The van der Waals surface area contributed by atoms with Gasteiger partial charge in [-0.2, -0.15) is 4.98 Å². The van der Waals surface area contributed by atoms with E-state index in [1.807, 2.05) is 11.8 Å². The normalized spacial score (nSPS) is 19.9. The minimum atomic E-state index is -0.0110. The van der Waals surface area contributed by atoms with Crippen LogP contribution in [0.3, 0.4) is 0 Å². The van der Waals surface area contributed by atoms with Crippen molar-refractivity contribution in [1.29, 1.82) is 0 Å². The molecule has 0 bridgehead atoms. The molecule has 0 N–H and O–H groups in total. The minimum Gasteiger partial charge on any atom is -0.463 e. The highest BCUT2D eigenvalue weighted by Gasteiger charge is 2.24. The van der Waals surface area contributed by atoms with E-state index in [1.54, 1.807) is 7.11 Å². The number of hydrogen-bond donors (Lipinski definition) is 0. The number of carbonyl (C=O) groups excluding carboxylic acids is 1. The van der Waals surface area contributed by atoms with E-state index in [2.05, 4.69) is 28.3 Å². The van der Waals surface area contributed by atoms with Gasteiger partial charge in [-0.3, -0.25) is 4.79 Å². The number of aryl methyl sites for hydroxylation is 1. The summed E-state index contributed by atoms with van der Waals surface area (Å²) in [6.07, 6.45) is 4.65. The molecule has 0 aromatic carbocycles. The number of aromatic nitrogens is 2. The van der Waals surface area contributed by atoms with Crippen LogP contribution in [0.15, 0.2) is 12.7 Å². The second kappa shape index (κ2) is 10.7. The number of anilines is 1. The van der Waals surface area contributed by atoms with Gasteiger partial charge in [0, 0.05) is 64.2 Å². The lowest BCUT2D eigenvalue weighted by Crippen LogP contribution is -2.48. The topological polar surface area (TPSA) is 71.0 Å². The van der Waals surface area contributed by atoms with Gasteiger partial charge in [-0.1, -0.05) is 13.5 Å². The SMILES string of the molecule is C=CC(=O)N1CCN(c2nc(OCCCN3CCC(OC)C3)nc(C)c2CC)CC1. The summed E-state index contributed by atoms with van der Waals surface area (Å²) in [5, 5.41) is 0. The van der Waals surface area contributed by atoms with Crippen LogP contribution in [0.5, 0.6) is 6.01 Å². The second-order valence-corrected chi connectivity index (χ2v) is 7.91. The quantitative estimate of drug-likeness (QED) is 0.447. The maximum atomic E-state index is 11.9. The molecule has 1 aromatic rings.